The van der Waals surface area contributed by atoms with E-state index in [0.29, 0.717) is 6.04 Å². The Labute approximate surface area is 120 Å². The molecule has 0 saturated carbocycles. The molecule has 4 heteroatoms. The lowest BCUT2D eigenvalue weighted by Crippen LogP contribution is -2.43. The first-order valence-electron chi connectivity index (χ1n) is 6.85. The quantitative estimate of drug-likeness (QED) is 0.867. The highest BCUT2D eigenvalue weighted by Gasteiger charge is 2.27. The summed E-state index contributed by atoms with van der Waals surface area (Å²) in [5.41, 5.74) is 7.27. The molecule has 0 aliphatic carbocycles. The van der Waals surface area contributed by atoms with Gasteiger partial charge in [0.2, 0.25) is 0 Å². The molecule has 1 saturated heterocycles. The van der Waals surface area contributed by atoms with Gasteiger partial charge < -0.3 is 10.5 Å². The second kappa shape index (κ2) is 7.17. The topological polar surface area (TPSA) is 38.5 Å². The highest BCUT2D eigenvalue weighted by Crippen LogP contribution is 2.28. The van der Waals surface area contributed by atoms with Crippen molar-refractivity contribution in [2.24, 2.45) is 11.7 Å². The van der Waals surface area contributed by atoms with E-state index in [1.165, 1.54) is 23.5 Å². The van der Waals surface area contributed by atoms with Crippen molar-refractivity contribution in [1.82, 2.24) is 4.90 Å². The van der Waals surface area contributed by atoms with Crippen molar-refractivity contribution in [1.29, 1.82) is 0 Å². The molecule has 19 heavy (non-hydrogen) atoms. The molecule has 0 radical (unpaired) electrons. The first kappa shape index (κ1) is 14.7. The van der Waals surface area contributed by atoms with Crippen molar-refractivity contribution in [3.8, 4) is 5.75 Å². The number of nitrogens with zero attached hydrogens (tertiary/aromatic N) is 1. The standard InChI is InChI=1S/C15H24N2OS/c1-17(15(9-16)13-6-7-19-11-13)10-12-4-3-5-14(8-12)18-2/h3-5,8,13,15H,6-7,9-11,16H2,1-2H3. The van der Waals surface area contributed by atoms with Crippen molar-refractivity contribution in [2.45, 2.75) is 19.0 Å². The maximum atomic E-state index is 5.99. The zero-order chi connectivity index (χ0) is 13.7. The summed E-state index contributed by atoms with van der Waals surface area (Å²) in [6.45, 7) is 1.67. The smallest absolute Gasteiger partial charge is 0.119 e. The van der Waals surface area contributed by atoms with Gasteiger partial charge in [-0.15, -0.1) is 0 Å². The van der Waals surface area contributed by atoms with Crippen LogP contribution in [0, 0.1) is 5.92 Å². The van der Waals surface area contributed by atoms with Crippen molar-refractivity contribution < 1.29 is 4.74 Å². The van der Waals surface area contributed by atoms with E-state index in [1.54, 1.807) is 7.11 Å². The zero-order valence-corrected chi connectivity index (χ0v) is 12.7. The van der Waals surface area contributed by atoms with E-state index < -0.39 is 0 Å². The van der Waals surface area contributed by atoms with Crippen molar-refractivity contribution in [3.05, 3.63) is 29.8 Å². The van der Waals surface area contributed by atoms with Gasteiger partial charge in [0.05, 0.1) is 7.11 Å². The predicted octanol–water partition coefficient (Wildman–Crippen LogP) is 2.21. The van der Waals surface area contributed by atoms with Gasteiger partial charge in [-0.2, -0.15) is 11.8 Å². The fraction of sp³-hybridized carbons (Fsp3) is 0.600. The first-order valence-corrected chi connectivity index (χ1v) is 8.01. The third-order valence-electron chi connectivity index (χ3n) is 3.88. The van der Waals surface area contributed by atoms with E-state index in [0.717, 1.165) is 24.8 Å². The van der Waals surface area contributed by atoms with Crippen LogP contribution in [0.5, 0.6) is 5.75 Å². The van der Waals surface area contributed by atoms with Crippen LogP contribution in [0.4, 0.5) is 0 Å². The zero-order valence-electron chi connectivity index (χ0n) is 11.8. The molecule has 1 aliphatic heterocycles. The molecule has 2 N–H and O–H groups in total. The van der Waals surface area contributed by atoms with Crippen molar-refractivity contribution in [2.75, 3.05) is 32.2 Å². The minimum absolute atomic E-state index is 0.487. The van der Waals surface area contributed by atoms with Crippen LogP contribution in [-0.2, 0) is 6.54 Å². The van der Waals surface area contributed by atoms with Crippen LogP contribution in [-0.4, -0.2) is 43.1 Å². The first-order chi connectivity index (χ1) is 9.24. The number of ether oxygens (including phenoxy) is 1. The number of rotatable bonds is 6. The predicted molar refractivity (Wildman–Crippen MR) is 82.7 cm³/mol. The molecule has 1 heterocycles. The molecule has 0 spiro atoms. The van der Waals surface area contributed by atoms with E-state index in [9.17, 15) is 0 Å². The van der Waals surface area contributed by atoms with Gasteiger partial charge in [0.1, 0.15) is 5.75 Å². The van der Waals surface area contributed by atoms with Crippen LogP contribution < -0.4 is 10.5 Å². The second-order valence-electron chi connectivity index (χ2n) is 5.19. The summed E-state index contributed by atoms with van der Waals surface area (Å²) in [4.78, 5) is 2.39. The molecule has 0 aromatic heterocycles. The van der Waals surface area contributed by atoms with Gasteiger partial charge in [-0.05, 0) is 48.6 Å². The largest absolute Gasteiger partial charge is 0.497 e. The maximum absolute atomic E-state index is 5.99. The summed E-state index contributed by atoms with van der Waals surface area (Å²) in [5, 5.41) is 0. The van der Waals surface area contributed by atoms with Crippen molar-refractivity contribution in [3.63, 3.8) is 0 Å². The Balaban J connectivity index is 1.99. The van der Waals surface area contributed by atoms with Gasteiger partial charge in [-0.1, -0.05) is 12.1 Å². The van der Waals surface area contributed by atoms with Crippen LogP contribution in [0.15, 0.2) is 24.3 Å². The monoisotopic (exact) mass is 280 g/mol. The summed E-state index contributed by atoms with van der Waals surface area (Å²) in [6.07, 6.45) is 1.30. The molecule has 3 nitrogen and oxygen atoms in total. The summed E-state index contributed by atoms with van der Waals surface area (Å²) >= 11 is 2.05. The normalized spacial score (nSPS) is 20.7. The van der Waals surface area contributed by atoms with Crippen LogP contribution in [0.3, 0.4) is 0 Å². The lowest BCUT2D eigenvalue weighted by atomic mass is 9.97. The van der Waals surface area contributed by atoms with Gasteiger partial charge >= 0.3 is 0 Å². The Hall–Kier alpha value is -0.710. The van der Waals surface area contributed by atoms with Crippen LogP contribution in [0.2, 0.25) is 0 Å². The van der Waals surface area contributed by atoms with Crippen LogP contribution in [0.1, 0.15) is 12.0 Å². The van der Waals surface area contributed by atoms with E-state index in [4.69, 9.17) is 10.5 Å². The van der Waals surface area contributed by atoms with Crippen LogP contribution >= 0.6 is 11.8 Å². The van der Waals surface area contributed by atoms with Gasteiger partial charge in [0.15, 0.2) is 0 Å². The molecule has 2 rings (SSSR count). The molecule has 0 amide bonds. The number of likely N-dealkylation sites (N-methyl/N-ethyl adjacent to an activating group) is 1. The summed E-state index contributed by atoms with van der Waals surface area (Å²) in [5.74, 6) is 4.20. The summed E-state index contributed by atoms with van der Waals surface area (Å²) in [6, 6.07) is 8.77. The Bertz CT molecular complexity index is 393. The molecule has 106 valence electrons. The Morgan fingerprint density at radius 1 is 1.53 bits per heavy atom. The molecule has 1 aromatic rings. The molecule has 1 aromatic carbocycles. The third kappa shape index (κ3) is 3.88. The molecular formula is C15H24N2OS. The Morgan fingerprint density at radius 3 is 3.00 bits per heavy atom. The SMILES string of the molecule is COc1cccc(CN(C)C(CN)C2CCSC2)c1. The number of thioether (sulfide) groups is 1. The molecule has 1 fully saturated rings. The number of benzene rings is 1. The van der Waals surface area contributed by atoms with Crippen LogP contribution in [0.25, 0.3) is 0 Å². The highest BCUT2D eigenvalue weighted by atomic mass is 32.2. The number of hydrogen-bond donors (Lipinski definition) is 1. The Morgan fingerprint density at radius 2 is 2.37 bits per heavy atom. The number of hydrogen-bond acceptors (Lipinski definition) is 4. The molecule has 1 aliphatic rings. The Kier molecular flexibility index (Phi) is 5.55. The molecular weight excluding hydrogens is 256 g/mol. The van der Waals surface area contributed by atoms with Gasteiger partial charge in [0, 0.05) is 19.1 Å². The molecule has 2 atom stereocenters. The molecule has 0 bridgehead atoms. The lowest BCUT2D eigenvalue weighted by molar-refractivity contribution is 0.184. The average molecular weight is 280 g/mol. The van der Waals surface area contributed by atoms with E-state index in [-0.39, 0.29) is 0 Å². The fourth-order valence-corrected chi connectivity index (χ4v) is 4.09. The lowest BCUT2D eigenvalue weighted by Gasteiger charge is -2.31. The highest BCUT2D eigenvalue weighted by molar-refractivity contribution is 7.99. The average Bonchev–Trinajstić information content (AvgIpc) is 2.93. The van der Waals surface area contributed by atoms with E-state index in [2.05, 4.69) is 35.8 Å². The van der Waals surface area contributed by atoms with Gasteiger partial charge in [-0.25, -0.2) is 0 Å². The third-order valence-corrected chi connectivity index (χ3v) is 5.07. The van der Waals surface area contributed by atoms with Gasteiger partial charge in [-0.3, -0.25) is 4.90 Å². The number of methoxy groups -OCH3 is 1. The maximum Gasteiger partial charge on any atom is 0.119 e. The molecule has 2 unspecified atom stereocenters. The summed E-state index contributed by atoms with van der Waals surface area (Å²) in [7, 11) is 3.89. The second-order valence-corrected chi connectivity index (χ2v) is 6.34. The minimum atomic E-state index is 0.487. The number of nitrogens with two attached hydrogens (primary N) is 1. The van der Waals surface area contributed by atoms with Crippen molar-refractivity contribution >= 4 is 11.8 Å². The van der Waals surface area contributed by atoms with Gasteiger partial charge in [0.25, 0.3) is 0 Å². The van der Waals surface area contributed by atoms with E-state index >= 15 is 0 Å². The van der Waals surface area contributed by atoms with E-state index in [1.807, 2.05) is 12.1 Å². The minimum Gasteiger partial charge on any atom is -0.497 e. The fourth-order valence-electron chi connectivity index (χ4n) is 2.76. The summed E-state index contributed by atoms with van der Waals surface area (Å²) < 4.78 is 5.28.